The third kappa shape index (κ3) is 1.54. The standard InChI is InChI=1S/C10H9N3O/c1-7-4-8(6-11-5-7)9(14)10-12-2-3-13-10/h2-6H,1H3,(H,12,13). The molecule has 4 nitrogen and oxygen atoms in total. The van der Waals surface area contributed by atoms with Gasteiger partial charge in [-0.2, -0.15) is 0 Å². The summed E-state index contributed by atoms with van der Waals surface area (Å²) in [6.07, 6.45) is 6.42. The second kappa shape index (κ2) is 3.41. The molecule has 0 amide bonds. The molecule has 0 bridgehead atoms. The van der Waals surface area contributed by atoms with Gasteiger partial charge in [0.05, 0.1) is 0 Å². The quantitative estimate of drug-likeness (QED) is 0.722. The Hall–Kier alpha value is -1.97. The summed E-state index contributed by atoms with van der Waals surface area (Å²) in [6.45, 7) is 1.89. The van der Waals surface area contributed by atoms with Gasteiger partial charge in [0.1, 0.15) is 0 Å². The number of ketones is 1. The second-order valence-electron chi connectivity index (χ2n) is 3.02. The summed E-state index contributed by atoms with van der Waals surface area (Å²) in [5, 5.41) is 0. The number of nitrogens with one attached hydrogen (secondary N) is 1. The van der Waals surface area contributed by atoms with Crippen molar-refractivity contribution in [2.75, 3.05) is 0 Å². The highest BCUT2D eigenvalue weighted by Gasteiger charge is 2.10. The SMILES string of the molecule is Cc1cncc(C(=O)c2ncc[nH]2)c1. The minimum absolute atomic E-state index is 0.133. The van der Waals surface area contributed by atoms with E-state index in [-0.39, 0.29) is 5.78 Å². The Morgan fingerprint density at radius 3 is 2.93 bits per heavy atom. The molecule has 70 valence electrons. The lowest BCUT2D eigenvalue weighted by Crippen LogP contribution is -2.04. The molecular formula is C10H9N3O. The number of imidazole rings is 1. The summed E-state index contributed by atoms with van der Waals surface area (Å²) in [5.41, 5.74) is 1.52. The summed E-state index contributed by atoms with van der Waals surface area (Å²) in [7, 11) is 0. The molecule has 0 atom stereocenters. The fourth-order valence-corrected chi connectivity index (χ4v) is 1.21. The molecule has 0 spiro atoms. The van der Waals surface area contributed by atoms with Gasteiger partial charge >= 0.3 is 0 Å². The number of H-pyrrole nitrogens is 1. The third-order valence-electron chi connectivity index (χ3n) is 1.85. The minimum atomic E-state index is -0.133. The van der Waals surface area contributed by atoms with Gasteiger partial charge in [0.25, 0.3) is 0 Å². The number of carbonyl (C=O) groups is 1. The monoisotopic (exact) mass is 187 g/mol. The van der Waals surface area contributed by atoms with Crippen LogP contribution < -0.4 is 0 Å². The van der Waals surface area contributed by atoms with Crippen LogP contribution in [-0.4, -0.2) is 20.7 Å². The predicted molar refractivity (Wildman–Crippen MR) is 51.0 cm³/mol. The van der Waals surface area contributed by atoms with Crippen LogP contribution >= 0.6 is 0 Å². The molecule has 2 aromatic rings. The van der Waals surface area contributed by atoms with Crippen molar-refractivity contribution >= 4 is 5.78 Å². The molecule has 2 aromatic heterocycles. The van der Waals surface area contributed by atoms with Crippen molar-refractivity contribution in [3.8, 4) is 0 Å². The molecule has 2 rings (SSSR count). The number of aromatic nitrogens is 3. The summed E-state index contributed by atoms with van der Waals surface area (Å²) >= 11 is 0. The van der Waals surface area contributed by atoms with E-state index in [9.17, 15) is 4.79 Å². The normalized spacial score (nSPS) is 10.1. The topological polar surface area (TPSA) is 58.6 Å². The predicted octanol–water partition coefficient (Wildman–Crippen LogP) is 1.34. The molecule has 0 unspecified atom stereocenters. The Morgan fingerprint density at radius 2 is 2.29 bits per heavy atom. The highest BCUT2D eigenvalue weighted by molar-refractivity contribution is 6.06. The molecule has 0 radical (unpaired) electrons. The summed E-state index contributed by atoms with van der Waals surface area (Å²) in [6, 6.07) is 1.79. The molecule has 0 aliphatic rings. The fraction of sp³-hybridized carbons (Fsp3) is 0.100. The summed E-state index contributed by atoms with van der Waals surface area (Å²) in [5.74, 6) is 0.212. The van der Waals surface area contributed by atoms with E-state index < -0.39 is 0 Å². The van der Waals surface area contributed by atoms with Gasteiger partial charge in [0, 0.05) is 30.4 Å². The minimum Gasteiger partial charge on any atom is -0.342 e. The molecule has 1 N–H and O–H groups in total. The smallest absolute Gasteiger partial charge is 0.229 e. The maximum atomic E-state index is 11.7. The number of rotatable bonds is 2. The van der Waals surface area contributed by atoms with Gasteiger partial charge in [0.2, 0.25) is 5.78 Å². The van der Waals surface area contributed by atoms with E-state index in [1.807, 2.05) is 6.92 Å². The maximum Gasteiger partial charge on any atom is 0.229 e. The van der Waals surface area contributed by atoms with Crippen LogP contribution in [0.15, 0.2) is 30.9 Å². The number of aromatic amines is 1. The van der Waals surface area contributed by atoms with E-state index in [0.29, 0.717) is 11.4 Å². The Bertz CT molecular complexity index is 448. The Kier molecular flexibility index (Phi) is 2.10. The number of carbonyl (C=O) groups excluding carboxylic acids is 1. The number of aryl methyl sites for hydroxylation is 1. The molecule has 0 aromatic carbocycles. The van der Waals surface area contributed by atoms with Crippen LogP contribution in [0.25, 0.3) is 0 Å². The number of pyridine rings is 1. The van der Waals surface area contributed by atoms with E-state index in [1.54, 1.807) is 24.7 Å². The van der Waals surface area contributed by atoms with Crippen molar-refractivity contribution in [2.45, 2.75) is 6.92 Å². The largest absolute Gasteiger partial charge is 0.342 e. The average Bonchev–Trinajstić information content (AvgIpc) is 2.69. The summed E-state index contributed by atoms with van der Waals surface area (Å²) < 4.78 is 0. The highest BCUT2D eigenvalue weighted by Crippen LogP contribution is 2.06. The molecule has 0 saturated carbocycles. The molecule has 0 saturated heterocycles. The first-order valence-electron chi connectivity index (χ1n) is 4.23. The number of hydrogen-bond acceptors (Lipinski definition) is 3. The first-order chi connectivity index (χ1) is 6.77. The van der Waals surface area contributed by atoms with Crippen molar-refractivity contribution in [3.05, 3.63) is 47.8 Å². The van der Waals surface area contributed by atoms with Crippen molar-refractivity contribution in [2.24, 2.45) is 0 Å². The van der Waals surface area contributed by atoms with E-state index in [1.165, 1.54) is 6.20 Å². The molecule has 2 heterocycles. The van der Waals surface area contributed by atoms with Crippen molar-refractivity contribution in [1.29, 1.82) is 0 Å². The maximum absolute atomic E-state index is 11.7. The molecule has 4 heteroatoms. The van der Waals surface area contributed by atoms with Crippen LogP contribution in [0.2, 0.25) is 0 Å². The van der Waals surface area contributed by atoms with Gasteiger partial charge < -0.3 is 4.98 Å². The Morgan fingerprint density at radius 1 is 1.43 bits per heavy atom. The molecule has 0 aliphatic carbocycles. The van der Waals surface area contributed by atoms with Gasteiger partial charge in [-0.3, -0.25) is 9.78 Å². The second-order valence-corrected chi connectivity index (χ2v) is 3.02. The number of hydrogen-bond donors (Lipinski definition) is 1. The van der Waals surface area contributed by atoms with Crippen LogP contribution in [-0.2, 0) is 0 Å². The highest BCUT2D eigenvalue weighted by atomic mass is 16.1. The lowest BCUT2D eigenvalue weighted by atomic mass is 10.1. The molecule has 0 fully saturated rings. The van der Waals surface area contributed by atoms with Gasteiger partial charge in [0.15, 0.2) is 5.82 Å². The van der Waals surface area contributed by atoms with Crippen LogP contribution in [0.1, 0.15) is 21.7 Å². The van der Waals surface area contributed by atoms with E-state index >= 15 is 0 Å². The first kappa shape index (κ1) is 8.62. The average molecular weight is 187 g/mol. The van der Waals surface area contributed by atoms with Crippen molar-refractivity contribution < 1.29 is 4.79 Å². The van der Waals surface area contributed by atoms with Crippen LogP contribution in [0.4, 0.5) is 0 Å². The van der Waals surface area contributed by atoms with Gasteiger partial charge in [-0.25, -0.2) is 4.98 Å². The van der Waals surface area contributed by atoms with Gasteiger partial charge in [-0.05, 0) is 18.6 Å². The Labute approximate surface area is 81.0 Å². The lowest BCUT2D eigenvalue weighted by molar-refractivity contribution is 0.103. The first-order valence-corrected chi connectivity index (χ1v) is 4.23. The Balaban J connectivity index is 2.37. The zero-order valence-electron chi connectivity index (χ0n) is 7.69. The molecular weight excluding hydrogens is 178 g/mol. The zero-order valence-corrected chi connectivity index (χ0v) is 7.69. The van der Waals surface area contributed by atoms with Crippen molar-refractivity contribution in [3.63, 3.8) is 0 Å². The van der Waals surface area contributed by atoms with E-state index in [2.05, 4.69) is 15.0 Å². The van der Waals surface area contributed by atoms with Crippen LogP contribution in [0, 0.1) is 6.92 Å². The molecule has 14 heavy (non-hydrogen) atoms. The zero-order chi connectivity index (χ0) is 9.97. The van der Waals surface area contributed by atoms with E-state index in [0.717, 1.165) is 5.56 Å². The van der Waals surface area contributed by atoms with Gasteiger partial charge in [-0.15, -0.1) is 0 Å². The number of nitrogens with zero attached hydrogens (tertiary/aromatic N) is 2. The fourth-order valence-electron chi connectivity index (χ4n) is 1.21. The third-order valence-corrected chi connectivity index (χ3v) is 1.85. The van der Waals surface area contributed by atoms with E-state index in [4.69, 9.17) is 0 Å². The molecule has 0 aliphatic heterocycles. The lowest BCUT2D eigenvalue weighted by Gasteiger charge is -1.97. The van der Waals surface area contributed by atoms with Crippen LogP contribution in [0.5, 0.6) is 0 Å². The van der Waals surface area contributed by atoms with Crippen molar-refractivity contribution in [1.82, 2.24) is 15.0 Å². The van der Waals surface area contributed by atoms with Gasteiger partial charge in [-0.1, -0.05) is 0 Å². The summed E-state index contributed by atoms with van der Waals surface area (Å²) in [4.78, 5) is 22.3. The van der Waals surface area contributed by atoms with Crippen LogP contribution in [0.3, 0.4) is 0 Å².